The second-order valence-corrected chi connectivity index (χ2v) is 5.68. The van der Waals surface area contributed by atoms with Crippen LogP contribution in [0.1, 0.15) is 35.7 Å². The zero-order chi connectivity index (χ0) is 15.7. The lowest BCUT2D eigenvalue weighted by Crippen LogP contribution is -2.27. The third-order valence-electron chi connectivity index (χ3n) is 4.11. The Morgan fingerprint density at radius 3 is 2.36 bits per heavy atom. The number of hydrogen-bond acceptors (Lipinski definition) is 2. The first-order valence-electron chi connectivity index (χ1n) is 7.20. The van der Waals surface area contributed by atoms with Gasteiger partial charge in [0.25, 0.3) is 0 Å². The zero-order valence-electron chi connectivity index (χ0n) is 12.2. The number of hydrogen-bond donors (Lipinski definition) is 1. The van der Waals surface area contributed by atoms with Crippen LogP contribution in [-0.4, -0.2) is 11.7 Å². The number of rotatable bonds is 4. The van der Waals surface area contributed by atoms with Crippen molar-refractivity contribution < 1.29 is 14.0 Å². The molecule has 3 nitrogen and oxygen atoms in total. The molecule has 1 aliphatic carbocycles. The van der Waals surface area contributed by atoms with Gasteiger partial charge in [-0.1, -0.05) is 24.3 Å². The number of Topliss-reactive ketones (excluding diaryl/α,β-unsaturated/α-hetero) is 1. The molecular weight excluding hydrogens is 281 g/mol. The molecule has 1 fully saturated rings. The number of carbonyl (C=O) groups excluding carboxylic acids is 2. The topological polar surface area (TPSA) is 46.2 Å². The molecule has 22 heavy (non-hydrogen) atoms. The summed E-state index contributed by atoms with van der Waals surface area (Å²) in [5.41, 5.74) is 1.42. The lowest BCUT2D eigenvalue weighted by atomic mass is 9.95. The quantitative estimate of drug-likeness (QED) is 0.875. The van der Waals surface area contributed by atoms with Crippen LogP contribution in [-0.2, 0) is 10.2 Å². The maximum atomic E-state index is 13.0. The highest BCUT2D eigenvalue weighted by Gasteiger charge is 2.51. The van der Waals surface area contributed by atoms with Crippen molar-refractivity contribution in [3.63, 3.8) is 0 Å². The normalized spacial score (nSPS) is 15.2. The van der Waals surface area contributed by atoms with E-state index in [4.69, 9.17) is 0 Å². The summed E-state index contributed by atoms with van der Waals surface area (Å²) >= 11 is 0. The Morgan fingerprint density at radius 2 is 1.77 bits per heavy atom. The average molecular weight is 297 g/mol. The fourth-order valence-corrected chi connectivity index (χ4v) is 2.61. The van der Waals surface area contributed by atoms with Crippen molar-refractivity contribution in [2.24, 2.45) is 0 Å². The van der Waals surface area contributed by atoms with E-state index < -0.39 is 5.41 Å². The molecule has 0 heterocycles. The van der Waals surface area contributed by atoms with E-state index in [9.17, 15) is 14.0 Å². The van der Waals surface area contributed by atoms with Crippen molar-refractivity contribution in [2.75, 3.05) is 5.32 Å². The summed E-state index contributed by atoms with van der Waals surface area (Å²) in [6.07, 6.45) is 1.49. The van der Waals surface area contributed by atoms with Crippen LogP contribution in [0, 0.1) is 5.82 Å². The van der Waals surface area contributed by atoms with Gasteiger partial charge in [-0.2, -0.15) is 0 Å². The van der Waals surface area contributed by atoms with Crippen LogP contribution in [0.2, 0.25) is 0 Å². The molecule has 1 saturated carbocycles. The van der Waals surface area contributed by atoms with Gasteiger partial charge in [-0.25, -0.2) is 4.39 Å². The van der Waals surface area contributed by atoms with Gasteiger partial charge in [0.2, 0.25) is 5.91 Å². The van der Waals surface area contributed by atoms with E-state index in [1.54, 1.807) is 36.4 Å². The first-order valence-corrected chi connectivity index (χ1v) is 7.20. The predicted octanol–water partition coefficient (Wildman–Crippen LogP) is 3.70. The van der Waals surface area contributed by atoms with Crippen LogP contribution in [0.25, 0.3) is 0 Å². The number of halogens is 1. The molecule has 1 amide bonds. The van der Waals surface area contributed by atoms with E-state index in [-0.39, 0.29) is 17.5 Å². The van der Waals surface area contributed by atoms with Gasteiger partial charge in [-0.05, 0) is 49.6 Å². The van der Waals surface area contributed by atoms with E-state index in [1.807, 2.05) is 0 Å². The van der Waals surface area contributed by atoms with E-state index in [2.05, 4.69) is 5.32 Å². The Hall–Kier alpha value is -2.49. The van der Waals surface area contributed by atoms with E-state index >= 15 is 0 Å². The van der Waals surface area contributed by atoms with Crippen LogP contribution < -0.4 is 5.32 Å². The Bertz CT molecular complexity index is 733. The van der Waals surface area contributed by atoms with Crippen LogP contribution in [0.15, 0.2) is 48.5 Å². The monoisotopic (exact) mass is 297 g/mol. The van der Waals surface area contributed by atoms with Crippen molar-refractivity contribution in [3.8, 4) is 0 Å². The Morgan fingerprint density at radius 1 is 1.09 bits per heavy atom. The Balaban J connectivity index is 1.81. The van der Waals surface area contributed by atoms with Gasteiger partial charge in [0.05, 0.1) is 5.41 Å². The molecule has 0 atom stereocenters. The number of carbonyl (C=O) groups is 2. The molecule has 1 aliphatic rings. The van der Waals surface area contributed by atoms with Crippen molar-refractivity contribution in [3.05, 3.63) is 65.5 Å². The average Bonchev–Trinajstić information content (AvgIpc) is 3.30. The summed E-state index contributed by atoms with van der Waals surface area (Å²) in [4.78, 5) is 24.0. The van der Waals surface area contributed by atoms with Gasteiger partial charge in [0.1, 0.15) is 5.82 Å². The van der Waals surface area contributed by atoms with Crippen molar-refractivity contribution in [2.45, 2.75) is 25.2 Å². The maximum absolute atomic E-state index is 13.0. The highest BCUT2D eigenvalue weighted by molar-refractivity contribution is 6.02. The highest BCUT2D eigenvalue weighted by Crippen LogP contribution is 2.49. The smallest absolute Gasteiger partial charge is 0.235 e. The highest BCUT2D eigenvalue weighted by atomic mass is 19.1. The summed E-state index contributed by atoms with van der Waals surface area (Å²) in [5, 5.41) is 2.87. The summed E-state index contributed by atoms with van der Waals surface area (Å²) in [5.74, 6) is -0.468. The molecule has 112 valence electrons. The second-order valence-electron chi connectivity index (χ2n) is 5.68. The number of amides is 1. The van der Waals surface area contributed by atoms with Gasteiger partial charge in [0, 0.05) is 11.3 Å². The van der Waals surface area contributed by atoms with Crippen LogP contribution in [0.3, 0.4) is 0 Å². The minimum Gasteiger partial charge on any atom is -0.325 e. The third kappa shape index (κ3) is 2.64. The Kier molecular flexibility index (Phi) is 3.53. The lowest BCUT2D eigenvalue weighted by Gasteiger charge is -2.16. The summed E-state index contributed by atoms with van der Waals surface area (Å²) in [6.45, 7) is 1.49. The van der Waals surface area contributed by atoms with Gasteiger partial charge >= 0.3 is 0 Å². The van der Waals surface area contributed by atoms with E-state index in [1.165, 1.54) is 19.1 Å². The van der Waals surface area contributed by atoms with Crippen molar-refractivity contribution >= 4 is 17.4 Å². The van der Waals surface area contributed by atoms with E-state index in [0.717, 1.165) is 18.4 Å². The molecule has 0 saturated heterocycles. The minimum atomic E-state index is -0.570. The molecule has 0 bridgehead atoms. The summed E-state index contributed by atoms with van der Waals surface area (Å²) in [6, 6.07) is 12.9. The standard InChI is InChI=1S/C18H16FNO2/c1-12(21)13-3-2-4-16(11-13)20-17(22)18(9-10-18)14-5-7-15(19)8-6-14/h2-8,11H,9-10H2,1H3,(H,20,22). The minimum absolute atomic E-state index is 0.0456. The molecule has 3 rings (SSSR count). The predicted molar refractivity (Wildman–Crippen MR) is 82.4 cm³/mol. The Labute approximate surface area is 128 Å². The molecule has 0 spiro atoms. The molecule has 1 N–H and O–H groups in total. The molecule has 0 aromatic heterocycles. The molecule has 4 heteroatoms. The molecule has 2 aromatic rings. The maximum Gasteiger partial charge on any atom is 0.235 e. The molecule has 0 radical (unpaired) electrons. The summed E-state index contributed by atoms with van der Waals surface area (Å²) < 4.78 is 13.0. The largest absolute Gasteiger partial charge is 0.325 e. The summed E-state index contributed by atoms with van der Waals surface area (Å²) in [7, 11) is 0. The van der Waals surface area contributed by atoms with Crippen molar-refractivity contribution in [1.29, 1.82) is 0 Å². The fraction of sp³-hybridized carbons (Fsp3) is 0.222. The first-order chi connectivity index (χ1) is 10.5. The molecule has 0 aliphatic heterocycles. The first kappa shape index (κ1) is 14.4. The van der Waals surface area contributed by atoms with Crippen LogP contribution >= 0.6 is 0 Å². The zero-order valence-corrected chi connectivity index (χ0v) is 12.2. The number of nitrogens with one attached hydrogen (secondary N) is 1. The lowest BCUT2D eigenvalue weighted by molar-refractivity contribution is -0.118. The molecule has 2 aromatic carbocycles. The molecular formula is C18H16FNO2. The number of anilines is 1. The van der Waals surface area contributed by atoms with Crippen molar-refractivity contribution in [1.82, 2.24) is 0 Å². The van der Waals surface area contributed by atoms with Crippen LogP contribution in [0.4, 0.5) is 10.1 Å². The number of benzene rings is 2. The van der Waals surface area contributed by atoms with Gasteiger partial charge < -0.3 is 5.32 Å². The van der Waals surface area contributed by atoms with E-state index in [0.29, 0.717) is 11.3 Å². The SMILES string of the molecule is CC(=O)c1cccc(NC(=O)C2(c3ccc(F)cc3)CC2)c1. The fourth-order valence-electron chi connectivity index (χ4n) is 2.61. The van der Waals surface area contributed by atoms with Gasteiger partial charge in [0.15, 0.2) is 5.78 Å². The van der Waals surface area contributed by atoms with Crippen LogP contribution in [0.5, 0.6) is 0 Å². The number of ketones is 1. The second kappa shape index (κ2) is 5.37. The van der Waals surface area contributed by atoms with Gasteiger partial charge in [-0.3, -0.25) is 9.59 Å². The third-order valence-corrected chi connectivity index (χ3v) is 4.11. The molecule has 0 unspecified atom stereocenters. The van der Waals surface area contributed by atoms with Gasteiger partial charge in [-0.15, -0.1) is 0 Å².